The molecule has 9 heteroatoms. The van der Waals surface area contributed by atoms with Crippen molar-refractivity contribution in [1.82, 2.24) is 10.2 Å². The Kier molecular flexibility index (Phi) is 8.67. The van der Waals surface area contributed by atoms with Crippen LogP contribution in [0.5, 0.6) is 23.0 Å². The van der Waals surface area contributed by atoms with Gasteiger partial charge < -0.3 is 29.6 Å². The number of ether oxygens (including phenoxy) is 4. The van der Waals surface area contributed by atoms with Gasteiger partial charge in [0.1, 0.15) is 5.75 Å². The first-order valence-corrected chi connectivity index (χ1v) is 11.2. The third kappa shape index (κ3) is 6.09. The molecule has 2 aromatic carbocycles. The second kappa shape index (κ2) is 11.4. The summed E-state index contributed by atoms with van der Waals surface area (Å²) in [5, 5.41) is 7.79. The Bertz CT molecular complexity index is 910. The van der Waals surface area contributed by atoms with E-state index in [1.54, 1.807) is 40.6 Å². The molecule has 1 aliphatic heterocycles. The minimum atomic E-state index is 0.302. The number of nitrogens with zero attached hydrogens (tertiary/aromatic N) is 1. The van der Waals surface area contributed by atoms with Crippen LogP contribution >= 0.6 is 23.8 Å². The van der Waals surface area contributed by atoms with Crippen molar-refractivity contribution < 1.29 is 18.9 Å². The van der Waals surface area contributed by atoms with Gasteiger partial charge in [-0.2, -0.15) is 0 Å². The van der Waals surface area contributed by atoms with Crippen molar-refractivity contribution in [1.29, 1.82) is 0 Å². The summed E-state index contributed by atoms with van der Waals surface area (Å²) in [6.07, 6.45) is 1.97. The second-order valence-corrected chi connectivity index (χ2v) is 8.37. The number of likely N-dealkylation sites (tertiary alicyclic amines) is 1. The van der Waals surface area contributed by atoms with Crippen LogP contribution in [0.15, 0.2) is 30.3 Å². The summed E-state index contributed by atoms with van der Waals surface area (Å²) in [7, 11) is 6.50. The summed E-state index contributed by atoms with van der Waals surface area (Å²) in [4.78, 5) is 2.41. The monoisotopic (exact) mass is 479 g/mol. The maximum Gasteiger partial charge on any atom is 0.203 e. The number of piperidine rings is 1. The number of anilines is 1. The molecule has 0 unspecified atom stereocenters. The van der Waals surface area contributed by atoms with Crippen molar-refractivity contribution in [2.24, 2.45) is 0 Å². The first-order valence-electron chi connectivity index (χ1n) is 10.4. The van der Waals surface area contributed by atoms with Crippen molar-refractivity contribution in [3.05, 3.63) is 40.9 Å². The molecule has 0 amide bonds. The molecular weight excluding hydrogens is 450 g/mol. The highest BCUT2D eigenvalue weighted by molar-refractivity contribution is 7.80. The summed E-state index contributed by atoms with van der Waals surface area (Å²) >= 11 is 11.6. The van der Waals surface area contributed by atoms with Crippen LogP contribution in [0, 0.1) is 0 Å². The maximum atomic E-state index is 6.10. The van der Waals surface area contributed by atoms with Crippen molar-refractivity contribution in [2.75, 3.05) is 46.8 Å². The minimum absolute atomic E-state index is 0.302. The average molecular weight is 480 g/mol. The second-order valence-electron chi connectivity index (χ2n) is 7.53. The molecule has 174 valence electrons. The number of benzene rings is 2. The molecular formula is C23H30ClN3O4S. The zero-order chi connectivity index (χ0) is 23.1. The van der Waals surface area contributed by atoms with E-state index in [9.17, 15) is 0 Å². The normalized spacial score (nSPS) is 14.5. The summed E-state index contributed by atoms with van der Waals surface area (Å²) in [6.45, 7) is 2.72. The number of hydrogen-bond donors (Lipinski definition) is 2. The van der Waals surface area contributed by atoms with Gasteiger partial charge in [0.25, 0.3) is 0 Å². The Morgan fingerprint density at radius 3 is 2.16 bits per heavy atom. The van der Waals surface area contributed by atoms with Crippen LogP contribution in [0.4, 0.5) is 5.69 Å². The van der Waals surface area contributed by atoms with Crippen molar-refractivity contribution >= 4 is 34.6 Å². The molecule has 0 saturated carbocycles. The van der Waals surface area contributed by atoms with Crippen molar-refractivity contribution in [3.63, 3.8) is 0 Å². The number of methoxy groups -OCH3 is 4. The van der Waals surface area contributed by atoms with Crippen LogP contribution in [0.3, 0.4) is 0 Å². The third-order valence-corrected chi connectivity index (χ3v) is 5.92. The molecule has 1 aliphatic rings. The van der Waals surface area contributed by atoms with Gasteiger partial charge in [0.2, 0.25) is 5.75 Å². The molecule has 32 heavy (non-hydrogen) atoms. The predicted octanol–water partition coefficient (Wildman–Crippen LogP) is 4.33. The van der Waals surface area contributed by atoms with E-state index in [1.165, 1.54) is 0 Å². The molecule has 1 heterocycles. The lowest BCUT2D eigenvalue weighted by molar-refractivity contribution is 0.198. The Hall–Kier alpha value is -2.42. The van der Waals surface area contributed by atoms with E-state index in [1.807, 2.05) is 18.2 Å². The van der Waals surface area contributed by atoms with Gasteiger partial charge in [-0.15, -0.1) is 0 Å². The van der Waals surface area contributed by atoms with Gasteiger partial charge in [-0.25, -0.2) is 0 Å². The summed E-state index contributed by atoms with van der Waals surface area (Å²) in [5.74, 6) is 2.65. The fourth-order valence-electron chi connectivity index (χ4n) is 3.84. The zero-order valence-corrected chi connectivity index (χ0v) is 20.4. The Morgan fingerprint density at radius 1 is 0.969 bits per heavy atom. The van der Waals surface area contributed by atoms with E-state index in [0.29, 0.717) is 39.2 Å². The van der Waals surface area contributed by atoms with Gasteiger partial charge in [-0.3, -0.25) is 4.90 Å². The first-order chi connectivity index (χ1) is 15.5. The number of nitrogens with one attached hydrogen (secondary N) is 2. The number of halogens is 1. The molecule has 2 N–H and O–H groups in total. The van der Waals surface area contributed by atoms with Crippen molar-refractivity contribution in [3.8, 4) is 23.0 Å². The van der Waals surface area contributed by atoms with Gasteiger partial charge >= 0.3 is 0 Å². The molecule has 2 aromatic rings. The highest BCUT2D eigenvalue weighted by atomic mass is 35.5. The van der Waals surface area contributed by atoms with E-state index < -0.39 is 0 Å². The Labute approximate surface area is 199 Å². The minimum Gasteiger partial charge on any atom is -0.495 e. The summed E-state index contributed by atoms with van der Waals surface area (Å²) in [6, 6.07) is 9.71. The van der Waals surface area contributed by atoms with Crippen molar-refractivity contribution in [2.45, 2.75) is 25.4 Å². The highest BCUT2D eigenvalue weighted by Crippen LogP contribution is 2.38. The van der Waals surface area contributed by atoms with Crippen LogP contribution in [-0.4, -0.2) is 57.6 Å². The van der Waals surface area contributed by atoms with E-state index in [-0.39, 0.29) is 0 Å². The fraction of sp³-hybridized carbons (Fsp3) is 0.435. The molecule has 0 radical (unpaired) electrons. The van der Waals surface area contributed by atoms with E-state index in [4.69, 9.17) is 42.8 Å². The lowest BCUT2D eigenvalue weighted by Gasteiger charge is -2.33. The molecule has 0 aliphatic carbocycles. The van der Waals surface area contributed by atoms with E-state index in [0.717, 1.165) is 43.7 Å². The van der Waals surface area contributed by atoms with Gasteiger partial charge in [-0.05, 0) is 61.0 Å². The van der Waals surface area contributed by atoms with Crippen LogP contribution in [0.1, 0.15) is 18.4 Å². The van der Waals surface area contributed by atoms with E-state index >= 15 is 0 Å². The third-order valence-electron chi connectivity index (χ3n) is 5.46. The van der Waals surface area contributed by atoms with Gasteiger partial charge in [0.05, 0.1) is 34.1 Å². The molecule has 0 spiro atoms. The lowest BCUT2D eigenvalue weighted by atomic mass is 10.0. The lowest BCUT2D eigenvalue weighted by Crippen LogP contribution is -2.45. The van der Waals surface area contributed by atoms with Crippen LogP contribution in [0.2, 0.25) is 5.02 Å². The number of rotatable bonds is 8. The van der Waals surface area contributed by atoms with Crippen LogP contribution < -0.4 is 29.6 Å². The van der Waals surface area contributed by atoms with Crippen LogP contribution in [0.25, 0.3) is 0 Å². The average Bonchev–Trinajstić information content (AvgIpc) is 2.79. The molecule has 0 aromatic heterocycles. The highest BCUT2D eigenvalue weighted by Gasteiger charge is 2.21. The Morgan fingerprint density at radius 2 is 1.59 bits per heavy atom. The standard InChI is InChI=1S/C23H30ClN3O4S/c1-28-19-6-5-16(24)13-18(19)26-23(32)25-17-7-9-27(10-8-17)14-15-11-20(29-2)22(31-4)21(12-15)30-3/h5-6,11-13,17H,7-10,14H2,1-4H3,(H2,25,26,32). The van der Waals surface area contributed by atoms with Gasteiger partial charge in [0.15, 0.2) is 16.6 Å². The molecule has 1 saturated heterocycles. The molecule has 3 rings (SSSR count). The first kappa shape index (κ1) is 24.2. The predicted molar refractivity (Wildman–Crippen MR) is 132 cm³/mol. The Balaban J connectivity index is 1.53. The molecule has 0 atom stereocenters. The zero-order valence-electron chi connectivity index (χ0n) is 18.9. The number of thiocarbonyl (C=S) groups is 1. The topological polar surface area (TPSA) is 64.2 Å². The number of hydrogen-bond acceptors (Lipinski definition) is 6. The SMILES string of the molecule is COc1ccc(Cl)cc1NC(=S)NC1CCN(Cc2cc(OC)c(OC)c(OC)c2)CC1. The van der Waals surface area contributed by atoms with Crippen LogP contribution in [-0.2, 0) is 6.54 Å². The summed E-state index contributed by atoms with van der Waals surface area (Å²) in [5.41, 5.74) is 1.87. The van der Waals surface area contributed by atoms with Gasteiger partial charge in [-0.1, -0.05) is 11.6 Å². The fourth-order valence-corrected chi connectivity index (χ4v) is 4.29. The molecule has 7 nitrogen and oxygen atoms in total. The van der Waals surface area contributed by atoms with E-state index in [2.05, 4.69) is 15.5 Å². The maximum absolute atomic E-state index is 6.10. The molecule has 0 bridgehead atoms. The summed E-state index contributed by atoms with van der Waals surface area (Å²) < 4.78 is 21.7. The quantitative estimate of drug-likeness (QED) is 0.542. The van der Waals surface area contributed by atoms with Gasteiger partial charge in [0, 0.05) is 30.7 Å². The smallest absolute Gasteiger partial charge is 0.203 e. The molecule has 1 fully saturated rings. The largest absolute Gasteiger partial charge is 0.495 e.